The van der Waals surface area contributed by atoms with Crippen LogP contribution in [0.15, 0.2) is 168 Å². The molecule has 0 spiro atoms. The van der Waals surface area contributed by atoms with Crippen molar-refractivity contribution in [3.8, 4) is 0 Å². The zero-order chi connectivity index (χ0) is 32.4. The van der Waals surface area contributed by atoms with Crippen molar-refractivity contribution < 1.29 is 0 Å². The molecule has 230 valence electrons. The molecule has 0 bridgehead atoms. The van der Waals surface area contributed by atoms with Crippen LogP contribution in [0.1, 0.15) is 54.3 Å². The zero-order valence-electron chi connectivity index (χ0n) is 26.4. The molecular formula is C46H34S2. The van der Waals surface area contributed by atoms with Crippen LogP contribution in [0.25, 0.3) is 47.6 Å². The molecule has 0 amide bonds. The number of thiophene rings is 2. The Morgan fingerprint density at radius 2 is 0.708 bits per heavy atom. The molecule has 5 aromatic carbocycles. The molecule has 0 aliphatic carbocycles. The normalized spacial score (nSPS) is 12.2. The summed E-state index contributed by atoms with van der Waals surface area (Å²) in [6, 6.07) is 55.8. The van der Waals surface area contributed by atoms with Gasteiger partial charge in [-0.15, -0.1) is 22.7 Å². The number of rotatable bonds is 10. The van der Waals surface area contributed by atoms with Gasteiger partial charge in [0.1, 0.15) is 0 Å². The quantitative estimate of drug-likeness (QED) is 0.129. The molecule has 2 heteroatoms. The Hall–Kier alpha value is -5.54. The molecule has 0 N–H and O–H groups in total. The Labute approximate surface area is 291 Å². The van der Waals surface area contributed by atoms with Crippen molar-refractivity contribution in [2.45, 2.75) is 0 Å². The number of hydrogen-bond donors (Lipinski definition) is 0. The highest BCUT2D eigenvalue weighted by molar-refractivity contribution is 7.11. The van der Waals surface area contributed by atoms with Gasteiger partial charge in [-0.3, -0.25) is 0 Å². The summed E-state index contributed by atoms with van der Waals surface area (Å²) in [6.45, 7) is 0. The van der Waals surface area contributed by atoms with Gasteiger partial charge in [-0.1, -0.05) is 170 Å². The lowest BCUT2D eigenvalue weighted by molar-refractivity contribution is 1.58. The fourth-order valence-corrected chi connectivity index (χ4v) is 7.21. The van der Waals surface area contributed by atoms with Gasteiger partial charge in [-0.2, -0.15) is 0 Å². The molecule has 0 atom stereocenters. The minimum Gasteiger partial charge on any atom is -0.144 e. The summed E-state index contributed by atoms with van der Waals surface area (Å²) >= 11 is 3.54. The molecule has 2 aromatic heterocycles. The van der Waals surface area contributed by atoms with Crippen molar-refractivity contribution >= 4 is 70.3 Å². The molecule has 0 radical (unpaired) electrons. The fraction of sp³-hybridized carbons (Fsp3) is 0. The van der Waals surface area contributed by atoms with Crippen molar-refractivity contribution in [2.75, 3.05) is 0 Å². The van der Waals surface area contributed by atoms with E-state index in [-0.39, 0.29) is 0 Å². The molecule has 0 aliphatic heterocycles. The number of hydrogen-bond acceptors (Lipinski definition) is 2. The molecule has 0 unspecified atom stereocenters. The van der Waals surface area contributed by atoms with Gasteiger partial charge in [0, 0.05) is 9.75 Å². The molecule has 0 aliphatic rings. The Bertz CT molecular complexity index is 2020. The first-order valence-corrected chi connectivity index (χ1v) is 17.8. The summed E-state index contributed by atoms with van der Waals surface area (Å²) in [4.78, 5) is 2.53. The van der Waals surface area contributed by atoms with Crippen LogP contribution >= 0.6 is 22.7 Å². The summed E-state index contributed by atoms with van der Waals surface area (Å²) in [5.41, 5.74) is 12.0. The average Bonchev–Trinajstić information content (AvgIpc) is 3.89. The van der Waals surface area contributed by atoms with Gasteiger partial charge in [0.15, 0.2) is 0 Å². The predicted octanol–water partition coefficient (Wildman–Crippen LogP) is 13.3. The van der Waals surface area contributed by atoms with Crippen LogP contribution in [0, 0.1) is 0 Å². The molecule has 0 saturated carbocycles. The predicted molar refractivity (Wildman–Crippen MR) is 213 cm³/mol. The maximum absolute atomic E-state index is 2.31. The lowest BCUT2D eigenvalue weighted by atomic mass is 9.98. The van der Waals surface area contributed by atoms with E-state index in [9.17, 15) is 0 Å². The van der Waals surface area contributed by atoms with Crippen molar-refractivity contribution in [3.05, 3.63) is 223 Å². The van der Waals surface area contributed by atoms with Crippen molar-refractivity contribution in [1.82, 2.24) is 0 Å². The maximum atomic E-state index is 2.31. The SMILES string of the molecule is C(=Cc1ccccc1C=C(c1ccccc1)c1cccs1)c1ccc(C=Cc2ccccc2C=C(c2ccccc2)c2cccs2)cc1. The molecule has 48 heavy (non-hydrogen) atoms. The van der Waals surface area contributed by atoms with Crippen LogP contribution in [-0.4, -0.2) is 0 Å². The van der Waals surface area contributed by atoms with Gasteiger partial charge in [-0.25, -0.2) is 0 Å². The minimum absolute atomic E-state index is 1.17. The van der Waals surface area contributed by atoms with E-state index in [2.05, 4.69) is 205 Å². The third kappa shape index (κ3) is 7.70. The second-order valence-electron chi connectivity index (χ2n) is 11.4. The van der Waals surface area contributed by atoms with Gasteiger partial charge in [-0.05, 0) is 90.7 Å². The molecule has 0 nitrogen and oxygen atoms in total. The first-order chi connectivity index (χ1) is 23.8. The highest BCUT2D eigenvalue weighted by atomic mass is 32.1. The van der Waals surface area contributed by atoms with Crippen molar-refractivity contribution in [2.24, 2.45) is 0 Å². The molecule has 7 rings (SSSR count). The number of benzene rings is 5. The lowest BCUT2D eigenvalue weighted by Gasteiger charge is -2.08. The molecule has 7 aromatic rings. The first kappa shape index (κ1) is 31.1. The fourth-order valence-electron chi connectivity index (χ4n) is 5.68. The highest BCUT2D eigenvalue weighted by Gasteiger charge is 2.09. The standard InChI is InChI=1S/C46H34S2/c1-3-15-39(16-4-1)43(45-21-11-31-47-45)33-41-19-9-7-13-37(41)29-27-35-23-25-36(26-24-35)28-30-38-14-8-10-20-42(38)34-44(46-22-12-32-48-46)40-17-5-2-6-18-40/h1-34H. The van der Waals surface area contributed by atoms with Crippen LogP contribution in [0.2, 0.25) is 0 Å². The van der Waals surface area contributed by atoms with E-state index in [0.29, 0.717) is 0 Å². The van der Waals surface area contributed by atoms with E-state index in [1.54, 1.807) is 22.7 Å². The Balaban J connectivity index is 1.11. The summed E-state index contributed by atoms with van der Waals surface area (Å²) in [7, 11) is 0. The third-order valence-corrected chi connectivity index (χ3v) is 9.99. The van der Waals surface area contributed by atoms with Gasteiger partial charge < -0.3 is 0 Å². The molecular weight excluding hydrogens is 617 g/mol. The summed E-state index contributed by atoms with van der Waals surface area (Å²) in [6.07, 6.45) is 13.4. The summed E-state index contributed by atoms with van der Waals surface area (Å²) in [5.74, 6) is 0. The van der Waals surface area contributed by atoms with E-state index in [1.165, 1.54) is 65.4 Å². The monoisotopic (exact) mass is 650 g/mol. The molecule has 2 heterocycles. The lowest BCUT2D eigenvalue weighted by Crippen LogP contribution is -1.87. The Morgan fingerprint density at radius 3 is 1.08 bits per heavy atom. The van der Waals surface area contributed by atoms with Crippen molar-refractivity contribution in [3.63, 3.8) is 0 Å². The minimum atomic E-state index is 1.17. The first-order valence-electron chi connectivity index (χ1n) is 16.1. The Kier molecular flexibility index (Phi) is 9.95. The zero-order valence-corrected chi connectivity index (χ0v) is 28.1. The van der Waals surface area contributed by atoms with E-state index < -0.39 is 0 Å². The summed E-state index contributed by atoms with van der Waals surface area (Å²) < 4.78 is 0. The topological polar surface area (TPSA) is 0 Å². The second-order valence-corrected chi connectivity index (χ2v) is 13.3. The van der Waals surface area contributed by atoms with Crippen LogP contribution < -0.4 is 0 Å². The van der Waals surface area contributed by atoms with Crippen LogP contribution in [0.3, 0.4) is 0 Å². The van der Waals surface area contributed by atoms with E-state index in [0.717, 1.165) is 0 Å². The average molecular weight is 651 g/mol. The molecule has 0 fully saturated rings. The largest absolute Gasteiger partial charge is 0.144 e. The van der Waals surface area contributed by atoms with Crippen molar-refractivity contribution in [1.29, 1.82) is 0 Å². The van der Waals surface area contributed by atoms with Gasteiger partial charge in [0.25, 0.3) is 0 Å². The van der Waals surface area contributed by atoms with Crippen LogP contribution in [0.5, 0.6) is 0 Å². The van der Waals surface area contributed by atoms with Gasteiger partial charge in [0.2, 0.25) is 0 Å². The Morgan fingerprint density at radius 1 is 0.333 bits per heavy atom. The van der Waals surface area contributed by atoms with E-state index >= 15 is 0 Å². The second kappa shape index (κ2) is 15.4. The van der Waals surface area contributed by atoms with E-state index in [1.807, 2.05) is 0 Å². The smallest absolute Gasteiger partial charge is 0.0348 e. The third-order valence-electron chi connectivity index (χ3n) is 8.18. The maximum Gasteiger partial charge on any atom is 0.0348 e. The molecule has 0 saturated heterocycles. The van der Waals surface area contributed by atoms with Crippen LogP contribution in [0.4, 0.5) is 0 Å². The van der Waals surface area contributed by atoms with Gasteiger partial charge >= 0.3 is 0 Å². The van der Waals surface area contributed by atoms with Crippen LogP contribution in [-0.2, 0) is 0 Å². The highest BCUT2D eigenvalue weighted by Crippen LogP contribution is 2.32. The van der Waals surface area contributed by atoms with E-state index in [4.69, 9.17) is 0 Å². The summed E-state index contributed by atoms with van der Waals surface area (Å²) in [5, 5.41) is 4.28. The van der Waals surface area contributed by atoms with Gasteiger partial charge in [0.05, 0.1) is 0 Å².